The summed E-state index contributed by atoms with van der Waals surface area (Å²) in [6.07, 6.45) is 0.691. The fourth-order valence-electron chi connectivity index (χ4n) is 3.11. The normalized spacial score (nSPS) is 17.8. The van der Waals surface area contributed by atoms with E-state index in [-0.39, 0.29) is 17.6 Å². The largest absolute Gasteiger partial charge is 0.497 e. The second kappa shape index (κ2) is 6.67. The number of ether oxygens (including phenoxy) is 3. The van der Waals surface area contributed by atoms with Crippen LogP contribution >= 0.6 is 0 Å². The van der Waals surface area contributed by atoms with Crippen LogP contribution < -0.4 is 19.5 Å². The van der Waals surface area contributed by atoms with Crippen LogP contribution in [0.4, 0.5) is 0 Å². The van der Waals surface area contributed by atoms with E-state index in [1.54, 1.807) is 32.4 Å². The molecule has 1 heterocycles. The highest BCUT2D eigenvalue weighted by molar-refractivity contribution is 5.95. The minimum atomic E-state index is -0.349. The molecule has 2 aromatic rings. The molecule has 1 N–H and O–H groups in total. The fourth-order valence-corrected chi connectivity index (χ4v) is 3.11. The maximum atomic E-state index is 12.8. The standard InChI is InChI=1S/C20H23NO4/c1-20(2)12-17(16-7-5-6-8-18(16)25-20)21-19(22)13-9-14(23-3)11-15(10-13)24-4/h5-11,17H,12H2,1-4H3,(H,21,22)/t17-/m1/s1. The van der Waals surface area contributed by atoms with Crippen molar-refractivity contribution in [2.45, 2.75) is 31.9 Å². The molecule has 5 heteroatoms. The number of para-hydroxylation sites is 1. The van der Waals surface area contributed by atoms with Gasteiger partial charge >= 0.3 is 0 Å². The Kier molecular flexibility index (Phi) is 4.57. The number of amides is 1. The Hall–Kier alpha value is -2.69. The van der Waals surface area contributed by atoms with Gasteiger partial charge in [-0.1, -0.05) is 18.2 Å². The Morgan fingerprint density at radius 3 is 2.40 bits per heavy atom. The molecule has 0 radical (unpaired) electrons. The van der Waals surface area contributed by atoms with Gasteiger partial charge in [-0.25, -0.2) is 0 Å². The summed E-state index contributed by atoms with van der Waals surface area (Å²) in [5.74, 6) is 1.80. The van der Waals surface area contributed by atoms with E-state index < -0.39 is 0 Å². The quantitative estimate of drug-likeness (QED) is 0.920. The molecule has 0 unspecified atom stereocenters. The minimum absolute atomic E-state index is 0.121. The van der Waals surface area contributed by atoms with Crippen LogP contribution in [0.15, 0.2) is 42.5 Å². The van der Waals surface area contributed by atoms with Crippen molar-refractivity contribution in [3.05, 3.63) is 53.6 Å². The van der Waals surface area contributed by atoms with Gasteiger partial charge in [-0.15, -0.1) is 0 Å². The average Bonchev–Trinajstić information content (AvgIpc) is 2.60. The summed E-state index contributed by atoms with van der Waals surface area (Å²) in [6, 6.07) is 12.8. The lowest BCUT2D eigenvalue weighted by atomic mass is 9.89. The summed E-state index contributed by atoms with van der Waals surface area (Å²) in [4.78, 5) is 12.8. The van der Waals surface area contributed by atoms with Crippen molar-refractivity contribution in [2.24, 2.45) is 0 Å². The molecular formula is C20H23NO4. The Labute approximate surface area is 147 Å². The maximum absolute atomic E-state index is 12.8. The molecule has 0 saturated heterocycles. The molecule has 2 aromatic carbocycles. The lowest BCUT2D eigenvalue weighted by Gasteiger charge is -2.37. The SMILES string of the molecule is COc1cc(OC)cc(C(=O)N[C@@H]2CC(C)(C)Oc3ccccc32)c1. The minimum Gasteiger partial charge on any atom is -0.497 e. The molecule has 25 heavy (non-hydrogen) atoms. The Morgan fingerprint density at radius 2 is 1.76 bits per heavy atom. The van der Waals surface area contributed by atoms with E-state index in [1.807, 2.05) is 38.1 Å². The zero-order chi connectivity index (χ0) is 18.0. The first kappa shape index (κ1) is 17.1. The van der Waals surface area contributed by atoms with Crippen molar-refractivity contribution in [1.82, 2.24) is 5.32 Å². The van der Waals surface area contributed by atoms with Crippen molar-refractivity contribution < 1.29 is 19.0 Å². The maximum Gasteiger partial charge on any atom is 0.252 e. The molecule has 1 aliphatic heterocycles. The van der Waals surface area contributed by atoms with Gasteiger partial charge in [0.1, 0.15) is 22.8 Å². The predicted molar refractivity (Wildman–Crippen MR) is 95.5 cm³/mol. The number of fused-ring (bicyclic) bond motifs is 1. The van der Waals surface area contributed by atoms with E-state index in [1.165, 1.54) is 0 Å². The zero-order valence-corrected chi connectivity index (χ0v) is 15.0. The first-order valence-electron chi connectivity index (χ1n) is 8.24. The van der Waals surface area contributed by atoms with Gasteiger partial charge in [-0.3, -0.25) is 4.79 Å². The molecule has 1 aliphatic rings. The van der Waals surface area contributed by atoms with Gasteiger partial charge in [0.05, 0.1) is 20.3 Å². The van der Waals surface area contributed by atoms with Crippen LogP contribution in [0.1, 0.15) is 42.2 Å². The molecule has 3 rings (SSSR count). The van der Waals surface area contributed by atoms with Crippen LogP contribution in [0, 0.1) is 0 Å². The van der Waals surface area contributed by atoms with Crippen molar-refractivity contribution in [3.63, 3.8) is 0 Å². The van der Waals surface area contributed by atoms with E-state index in [0.29, 0.717) is 23.5 Å². The van der Waals surface area contributed by atoms with Gasteiger partial charge < -0.3 is 19.5 Å². The van der Waals surface area contributed by atoms with Gasteiger partial charge in [0.25, 0.3) is 5.91 Å². The van der Waals surface area contributed by atoms with Crippen molar-refractivity contribution in [2.75, 3.05) is 14.2 Å². The smallest absolute Gasteiger partial charge is 0.252 e. The molecule has 1 amide bonds. The number of carbonyl (C=O) groups excluding carboxylic acids is 1. The van der Waals surface area contributed by atoms with E-state index >= 15 is 0 Å². The van der Waals surface area contributed by atoms with Crippen molar-refractivity contribution >= 4 is 5.91 Å². The molecule has 0 bridgehead atoms. The van der Waals surface area contributed by atoms with Gasteiger partial charge in [0.2, 0.25) is 0 Å². The fraction of sp³-hybridized carbons (Fsp3) is 0.350. The molecule has 5 nitrogen and oxygen atoms in total. The summed E-state index contributed by atoms with van der Waals surface area (Å²) in [5, 5.41) is 3.12. The van der Waals surface area contributed by atoms with Crippen LogP contribution in [0.25, 0.3) is 0 Å². The summed E-state index contributed by atoms with van der Waals surface area (Å²) < 4.78 is 16.5. The van der Waals surface area contributed by atoms with Gasteiger partial charge in [-0.05, 0) is 32.0 Å². The number of hydrogen-bond acceptors (Lipinski definition) is 4. The molecule has 0 aromatic heterocycles. The van der Waals surface area contributed by atoms with Crippen molar-refractivity contribution in [3.8, 4) is 17.2 Å². The highest BCUT2D eigenvalue weighted by Gasteiger charge is 2.34. The first-order chi connectivity index (χ1) is 11.9. The Balaban J connectivity index is 1.88. The molecular weight excluding hydrogens is 318 g/mol. The molecule has 1 atom stereocenters. The molecule has 0 spiro atoms. The molecule has 0 fully saturated rings. The topological polar surface area (TPSA) is 56.8 Å². The number of rotatable bonds is 4. The summed E-state index contributed by atoms with van der Waals surface area (Å²) in [7, 11) is 3.13. The Morgan fingerprint density at radius 1 is 1.12 bits per heavy atom. The summed E-state index contributed by atoms with van der Waals surface area (Å²) in [6.45, 7) is 4.05. The van der Waals surface area contributed by atoms with E-state index in [2.05, 4.69) is 5.32 Å². The number of benzene rings is 2. The number of methoxy groups -OCH3 is 2. The van der Waals surface area contributed by atoms with Crippen LogP contribution in [0.5, 0.6) is 17.2 Å². The van der Waals surface area contributed by atoms with Gasteiger partial charge in [0.15, 0.2) is 0 Å². The third-order valence-corrected chi connectivity index (χ3v) is 4.30. The molecule has 0 saturated carbocycles. The number of carbonyl (C=O) groups is 1. The second-order valence-electron chi connectivity index (χ2n) is 6.73. The highest BCUT2D eigenvalue weighted by atomic mass is 16.5. The van der Waals surface area contributed by atoms with E-state index in [9.17, 15) is 4.79 Å². The van der Waals surface area contributed by atoms with Crippen LogP contribution in [0.3, 0.4) is 0 Å². The monoisotopic (exact) mass is 341 g/mol. The lowest BCUT2D eigenvalue weighted by molar-refractivity contribution is 0.0619. The molecule has 132 valence electrons. The second-order valence-corrected chi connectivity index (χ2v) is 6.73. The van der Waals surface area contributed by atoms with Gasteiger partial charge in [0, 0.05) is 23.6 Å². The van der Waals surface area contributed by atoms with Crippen molar-refractivity contribution in [1.29, 1.82) is 0 Å². The highest BCUT2D eigenvalue weighted by Crippen LogP contribution is 2.39. The third-order valence-electron chi connectivity index (χ3n) is 4.30. The van der Waals surface area contributed by atoms with Gasteiger partial charge in [-0.2, -0.15) is 0 Å². The van der Waals surface area contributed by atoms with Crippen LogP contribution in [0.2, 0.25) is 0 Å². The molecule has 0 aliphatic carbocycles. The Bertz CT molecular complexity index is 763. The number of hydrogen-bond donors (Lipinski definition) is 1. The lowest BCUT2D eigenvalue weighted by Crippen LogP contribution is -2.41. The van der Waals surface area contributed by atoms with E-state index in [0.717, 1.165) is 11.3 Å². The summed E-state index contributed by atoms with van der Waals surface area (Å²) >= 11 is 0. The average molecular weight is 341 g/mol. The van der Waals surface area contributed by atoms with Crippen LogP contribution in [-0.2, 0) is 0 Å². The summed E-state index contributed by atoms with van der Waals surface area (Å²) in [5.41, 5.74) is 1.14. The van der Waals surface area contributed by atoms with E-state index in [4.69, 9.17) is 14.2 Å². The third kappa shape index (κ3) is 3.71. The number of nitrogens with one attached hydrogen (secondary N) is 1. The van der Waals surface area contributed by atoms with Crippen LogP contribution in [-0.4, -0.2) is 25.7 Å². The zero-order valence-electron chi connectivity index (χ0n) is 15.0. The predicted octanol–water partition coefficient (Wildman–Crippen LogP) is 3.74. The first-order valence-corrected chi connectivity index (χ1v) is 8.24.